The van der Waals surface area contributed by atoms with Gasteiger partial charge in [0.15, 0.2) is 0 Å². The van der Waals surface area contributed by atoms with Gasteiger partial charge in [-0.05, 0) is 18.2 Å². The van der Waals surface area contributed by atoms with Crippen LogP contribution in [0.1, 0.15) is 5.69 Å². The summed E-state index contributed by atoms with van der Waals surface area (Å²) >= 11 is 0. The monoisotopic (exact) mass is 188 g/mol. The number of nitrogens with one attached hydrogen (secondary N) is 1. The predicted octanol–water partition coefficient (Wildman–Crippen LogP) is 1.03. The Kier molecular flexibility index (Phi) is 2.88. The Morgan fingerprint density at radius 2 is 2.21 bits per heavy atom. The van der Waals surface area contributed by atoms with Gasteiger partial charge in [-0.2, -0.15) is 5.10 Å². The van der Waals surface area contributed by atoms with E-state index in [0.29, 0.717) is 6.67 Å². The van der Waals surface area contributed by atoms with Gasteiger partial charge in [0, 0.05) is 25.1 Å². The maximum absolute atomic E-state index is 4.21. The molecule has 0 unspecified atom stereocenters. The number of pyridine rings is 1. The van der Waals surface area contributed by atoms with Gasteiger partial charge >= 0.3 is 0 Å². The Labute approximate surface area is 82.6 Å². The molecule has 0 aromatic carbocycles. The van der Waals surface area contributed by atoms with Crippen molar-refractivity contribution in [1.82, 2.24) is 20.1 Å². The lowest BCUT2D eigenvalue weighted by Gasteiger charge is -2.03. The van der Waals surface area contributed by atoms with Crippen LogP contribution in [0.2, 0.25) is 0 Å². The molecule has 4 heteroatoms. The maximum Gasteiger partial charge on any atom is 0.0906 e. The van der Waals surface area contributed by atoms with Crippen LogP contribution in [0.25, 0.3) is 0 Å². The van der Waals surface area contributed by atoms with Crippen molar-refractivity contribution in [3.63, 3.8) is 0 Å². The minimum atomic E-state index is 0.712. The standard InChI is InChI=1S/C10H12N4/c1-2-5-12-10(4-1)8-11-9-14-7-3-6-13-14/h1-7,11H,8-9H2. The van der Waals surface area contributed by atoms with Crippen LogP contribution >= 0.6 is 0 Å². The highest BCUT2D eigenvalue weighted by Gasteiger charge is 1.92. The third kappa shape index (κ3) is 2.40. The van der Waals surface area contributed by atoms with Gasteiger partial charge in [0.1, 0.15) is 0 Å². The zero-order valence-corrected chi connectivity index (χ0v) is 7.80. The summed E-state index contributed by atoms with van der Waals surface area (Å²) in [5.41, 5.74) is 1.04. The minimum absolute atomic E-state index is 0.712. The predicted molar refractivity (Wildman–Crippen MR) is 53.3 cm³/mol. The van der Waals surface area contributed by atoms with Crippen molar-refractivity contribution in [3.8, 4) is 0 Å². The SMILES string of the molecule is c1ccc(CNCn2cccn2)nc1. The first kappa shape index (κ1) is 8.90. The first-order chi connectivity index (χ1) is 6.95. The number of nitrogens with zero attached hydrogens (tertiary/aromatic N) is 3. The molecule has 2 aromatic heterocycles. The number of aromatic nitrogens is 3. The summed E-state index contributed by atoms with van der Waals surface area (Å²) < 4.78 is 1.84. The third-order valence-electron chi connectivity index (χ3n) is 1.87. The molecule has 0 bridgehead atoms. The largest absolute Gasteiger partial charge is 0.293 e. The molecule has 0 aliphatic heterocycles. The van der Waals surface area contributed by atoms with Crippen LogP contribution in [0, 0.1) is 0 Å². The zero-order chi connectivity index (χ0) is 9.64. The molecule has 0 amide bonds. The fourth-order valence-electron chi connectivity index (χ4n) is 1.20. The molecule has 14 heavy (non-hydrogen) atoms. The lowest BCUT2D eigenvalue weighted by atomic mass is 10.3. The molecule has 0 saturated carbocycles. The van der Waals surface area contributed by atoms with E-state index in [1.54, 1.807) is 12.4 Å². The van der Waals surface area contributed by atoms with E-state index in [-0.39, 0.29) is 0 Å². The van der Waals surface area contributed by atoms with Gasteiger partial charge in [0.2, 0.25) is 0 Å². The van der Waals surface area contributed by atoms with E-state index in [0.717, 1.165) is 12.2 Å². The smallest absolute Gasteiger partial charge is 0.0906 e. The second-order valence-corrected chi connectivity index (χ2v) is 2.95. The molecule has 2 rings (SSSR count). The molecule has 2 aromatic rings. The summed E-state index contributed by atoms with van der Waals surface area (Å²) in [7, 11) is 0. The Balaban J connectivity index is 1.79. The van der Waals surface area contributed by atoms with Gasteiger partial charge in [-0.1, -0.05) is 6.07 Å². The molecule has 0 aliphatic rings. The number of hydrogen-bond acceptors (Lipinski definition) is 3. The van der Waals surface area contributed by atoms with Crippen molar-refractivity contribution in [2.75, 3.05) is 0 Å². The van der Waals surface area contributed by atoms with E-state index < -0.39 is 0 Å². The van der Waals surface area contributed by atoms with Crippen molar-refractivity contribution >= 4 is 0 Å². The lowest BCUT2D eigenvalue weighted by Crippen LogP contribution is -2.18. The van der Waals surface area contributed by atoms with E-state index in [2.05, 4.69) is 15.4 Å². The highest BCUT2D eigenvalue weighted by molar-refractivity contribution is 5.02. The average Bonchev–Trinajstić information content (AvgIpc) is 2.72. The van der Waals surface area contributed by atoms with Crippen LogP contribution in [0.3, 0.4) is 0 Å². The first-order valence-corrected chi connectivity index (χ1v) is 4.53. The summed E-state index contributed by atoms with van der Waals surface area (Å²) in [5.74, 6) is 0. The Morgan fingerprint density at radius 1 is 1.21 bits per heavy atom. The molecule has 0 atom stereocenters. The van der Waals surface area contributed by atoms with E-state index >= 15 is 0 Å². The topological polar surface area (TPSA) is 42.7 Å². The van der Waals surface area contributed by atoms with Crippen LogP contribution in [-0.4, -0.2) is 14.8 Å². The minimum Gasteiger partial charge on any atom is -0.293 e. The van der Waals surface area contributed by atoms with Crippen molar-refractivity contribution in [3.05, 3.63) is 48.5 Å². The van der Waals surface area contributed by atoms with E-state index in [4.69, 9.17) is 0 Å². The summed E-state index contributed by atoms with van der Waals surface area (Å²) in [6.45, 7) is 1.48. The molecular weight excluding hydrogens is 176 g/mol. The fraction of sp³-hybridized carbons (Fsp3) is 0.200. The van der Waals surface area contributed by atoms with Crippen LogP contribution in [0.4, 0.5) is 0 Å². The van der Waals surface area contributed by atoms with Crippen molar-refractivity contribution in [2.45, 2.75) is 13.2 Å². The maximum atomic E-state index is 4.21. The molecule has 2 heterocycles. The van der Waals surface area contributed by atoms with Crippen molar-refractivity contribution in [2.24, 2.45) is 0 Å². The molecule has 1 N–H and O–H groups in total. The van der Waals surface area contributed by atoms with Crippen LogP contribution in [0.15, 0.2) is 42.9 Å². The Hall–Kier alpha value is -1.68. The Bertz CT molecular complexity index is 355. The number of rotatable bonds is 4. The summed E-state index contributed by atoms with van der Waals surface area (Å²) in [6.07, 6.45) is 5.48. The molecule has 0 saturated heterocycles. The molecule has 0 radical (unpaired) electrons. The Morgan fingerprint density at radius 3 is 2.93 bits per heavy atom. The summed E-state index contributed by atoms with van der Waals surface area (Å²) in [6, 6.07) is 7.80. The fourth-order valence-corrected chi connectivity index (χ4v) is 1.20. The van der Waals surface area contributed by atoms with E-state index in [1.165, 1.54) is 0 Å². The van der Waals surface area contributed by atoms with E-state index in [1.807, 2.05) is 35.1 Å². The molecular formula is C10H12N4. The highest BCUT2D eigenvalue weighted by atomic mass is 15.3. The second kappa shape index (κ2) is 4.53. The lowest BCUT2D eigenvalue weighted by molar-refractivity contribution is 0.507. The van der Waals surface area contributed by atoms with Gasteiger partial charge in [-0.3, -0.25) is 15.0 Å². The third-order valence-corrected chi connectivity index (χ3v) is 1.87. The van der Waals surface area contributed by atoms with E-state index in [9.17, 15) is 0 Å². The molecule has 72 valence electrons. The van der Waals surface area contributed by atoms with Crippen LogP contribution < -0.4 is 5.32 Å². The second-order valence-electron chi connectivity index (χ2n) is 2.95. The summed E-state index contributed by atoms with van der Waals surface area (Å²) in [4.78, 5) is 4.21. The summed E-state index contributed by atoms with van der Waals surface area (Å²) in [5, 5.41) is 7.32. The van der Waals surface area contributed by atoms with Gasteiger partial charge in [0.05, 0.1) is 12.4 Å². The van der Waals surface area contributed by atoms with Crippen LogP contribution in [-0.2, 0) is 13.2 Å². The van der Waals surface area contributed by atoms with Crippen molar-refractivity contribution < 1.29 is 0 Å². The quantitative estimate of drug-likeness (QED) is 0.779. The first-order valence-electron chi connectivity index (χ1n) is 4.53. The zero-order valence-electron chi connectivity index (χ0n) is 7.80. The molecule has 0 spiro atoms. The number of hydrogen-bond donors (Lipinski definition) is 1. The normalized spacial score (nSPS) is 10.3. The van der Waals surface area contributed by atoms with Gasteiger partial charge in [-0.15, -0.1) is 0 Å². The van der Waals surface area contributed by atoms with Gasteiger partial charge < -0.3 is 0 Å². The molecule has 4 nitrogen and oxygen atoms in total. The molecule has 0 fully saturated rings. The molecule has 0 aliphatic carbocycles. The van der Waals surface area contributed by atoms with Crippen molar-refractivity contribution in [1.29, 1.82) is 0 Å². The average molecular weight is 188 g/mol. The van der Waals surface area contributed by atoms with Gasteiger partial charge in [0.25, 0.3) is 0 Å². The highest BCUT2D eigenvalue weighted by Crippen LogP contribution is 1.92. The van der Waals surface area contributed by atoms with Gasteiger partial charge in [-0.25, -0.2) is 0 Å². The van der Waals surface area contributed by atoms with Crippen LogP contribution in [0.5, 0.6) is 0 Å².